The number of hydrogen-bond donors (Lipinski definition) is 1. The second-order valence-corrected chi connectivity index (χ2v) is 14.2. The molecule has 0 unspecified atom stereocenters. The van der Waals surface area contributed by atoms with Crippen LogP contribution in [0.3, 0.4) is 0 Å². The van der Waals surface area contributed by atoms with Gasteiger partial charge in [0.2, 0.25) is 0 Å². The van der Waals surface area contributed by atoms with Gasteiger partial charge in [-0.3, -0.25) is 9.59 Å². The lowest BCUT2D eigenvalue weighted by Gasteiger charge is -2.14. The van der Waals surface area contributed by atoms with Gasteiger partial charge in [-0.15, -0.1) is 0 Å². The number of fused-ring (bicyclic) bond motifs is 1. The molecule has 0 aliphatic carbocycles. The van der Waals surface area contributed by atoms with E-state index in [1.165, 1.54) is 14.2 Å². The van der Waals surface area contributed by atoms with Crippen molar-refractivity contribution >= 4 is 34.6 Å². The Kier molecular flexibility index (Phi) is 18.7. The quantitative estimate of drug-likeness (QED) is 0.0501. The molecule has 2 aromatic heterocycles. The summed E-state index contributed by atoms with van der Waals surface area (Å²) in [6.45, 7) is -2.62. The molecule has 2 aromatic carbocycles. The lowest BCUT2D eigenvalue weighted by atomic mass is 10.0. The Morgan fingerprint density at radius 3 is 1.38 bits per heavy atom. The van der Waals surface area contributed by atoms with Gasteiger partial charge in [0.1, 0.15) is 6.61 Å². The van der Waals surface area contributed by atoms with E-state index in [0.29, 0.717) is 46.8 Å². The van der Waals surface area contributed by atoms with Gasteiger partial charge in [-0.25, -0.2) is 65.8 Å². The van der Waals surface area contributed by atoms with Crippen LogP contribution < -0.4 is 34.1 Å². The summed E-state index contributed by atoms with van der Waals surface area (Å²) in [5.41, 5.74) is -5.16. The molecule has 0 fully saturated rings. The molecule has 0 saturated heterocycles. The Labute approximate surface area is 358 Å². The number of carbonyl (C=O) groups is 4. The summed E-state index contributed by atoms with van der Waals surface area (Å²) in [5.74, 6) is -2.47. The van der Waals surface area contributed by atoms with Crippen molar-refractivity contribution in [2.24, 2.45) is 7.05 Å². The summed E-state index contributed by atoms with van der Waals surface area (Å²) in [5, 5.41) is 10.9. The van der Waals surface area contributed by atoms with E-state index in [1.807, 2.05) is 0 Å². The molecule has 22 heteroatoms. The van der Waals surface area contributed by atoms with Crippen LogP contribution in [0.1, 0.15) is 72.1 Å². The molecular weight excluding hydrogens is 832 g/mol. The number of aliphatic hydroxyl groups excluding tert-OH is 1. The maximum absolute atomic E-state index is 13.1. The predicted octanol–water partition coefficient (Wildman–Crippen LogP) is -0.463. The molecule has 0 atom stereocenters. The van der Waals surface area contributed by atoms with Crippen molar-refractivity contribution in [1.82, 2.24) is 27.4 Å². The van der Waals surface area contributed by atoms with Crippen molar-refractivity contribution in [2.75, 3.05) is 47.3 Å². The number of ether oxygens (including phenoxy) is 5. The van der Waals surface area contributed by atoms with Gasteiger partial charge in [0.15, 0.2) is 0 Å². The Bertz CT molecular complexity index is 2630. The molecule has 0 aliphatic heterocycles. The minimum absolute atomic E-state index is 0.0218. The molecule has 4 aromatic rings. The normalized spacial score (nSPS) is 11.1. The van der Waals surface area contributed by atoms with Crippen molar-refractivity contribution in [3.8, 4) is 0 Å². The van der Waals surface area contributed by atoms with Crippen molar-refractivity contribution in [2.45, 2.75) is 84.1 Å². The van der Waals surface area contributed by atoms with Crippen LogP contribution in [-0.4, -0.2) is 104 Å². The second kappa shape index (κ2) is 24.1. The topological polar surface area (TPSA) is 267 Å². The Hall–Kier alpha value is -6.68. The maximum Gasteiger partial charge on any atom is 0.338 e. The number of esters is 4. The number of unbranched alkanes of at least 4 members (excludes halogenated alkanes) is 5. The largest absolute Gasteiger partial charge is 0.466 e. The van der Waals surface area contributed by atoms with Gasteiger partial charge >= 0.3 is 58.0 Å². The second-order valence-electron chi connectivity index (χ2n) is 14.2. The van der Waals surface area contributed by atoms with Gasteiger partial charge < -0.3 is 28.8 Å². The average Bonchev–Trinajstić information content (AvgIpc) is 3.27. The highest BCUT2D eigenvalue weighted by Gasteiger charge is 2.19. The smallest absolute Gasteiger partial charge is 0.338 e. The van der Waals surface area contributed by atoms with Gasteiger partial charge in [-0.05, 0) is 47.9 Å². The third-order valence-corrected chi connectivity index (χ3v) is 9.91. The Balaban J connectivity index is 1.15. The summed E-state index contributed by atoms with van der Waals surface area (Å²) >= 11 is 0. The first-order chi connectivity index (χ1) is 30.2. The van der Waals surface area contributed by atoms with Crippen LogP contribution in [0.2, 0.25) is 0 Å². The lowest BCUT2D eigenvalue weighted by Crippen LogP contribution is -2.55. The SMILES string of the molecule is COCCn1c(=O)n(CCO)c(=O)n(CCOC(=O)CCn2c(=O)n(C)c(=O)n(CCC(=O)OCCCCCCCCOC(=O)c3ccc4cc(C(=O)OC)ccc4c3)c2=O)c1=O. The summed E-state index contributed by atoms with van der Waals surface area (Å²) < 4.78 is 29.5. The van der Waals surface area contributed by atoms with Crippen molar-refractivity contribution < 1.29 is 48.0 Å². The van der Waals surface area contributed by atoms with E-state index in [9.17, 15) is 53.1 Å². The standard InChI is InChI=1S/C41H52N6O16/c1-42-36(53)43(38(55)44(37(42)54)17-15-33(50)62-25-20-47-40(57)45(18-21-48)39(56)46(41(47)58)19-24-59-2)16-14-32(49)61-22-8-6-4-5-7-9-23-63-35(52)31-13-11-28-26-30(34(51)60-3)12-10-29(28)27-31/h10-13,26-27,48H,4-9,14-25H2,1-3H3. The van der Waals surface area contributed by atoms with E-state index in [-0.39, 0.29) is 39.3 Å². The first-order valence-corrected chi connectivity index (χ1v) is 20.3. The summed E-state index contributed by atoms with van der Waals surface area (Å²) in [7, 11) is 3.79. The van der Waals surface area contributed by atoms with Gasteiger partial charge in [0, 0.05) is 27.2 Å². The molecule has 0 saturated carbocycles. The number of nitrogens with zero attached hydrogens (tertiary/aromatic N) is 6. The molecule has 63 heavy (non-hydrogen) atoms. The van der Waals surface area contributed by atoms with E-state index in [0.717, 1.165) is 48.1 Å². The lowest BCUT2D eigenvalue weighted by molar-refractivity contribution is -0.145. The number of hydrogen-bond acceptors (Lipinski definition) is 16. The Morgan fingerprint density at radius 2 is 0.905 bits per heavy atom. The maximum atomic E-state index is 13.1. The number of rotatable bonds is 25. The fourth-order valence-electron chi connectivity index (χ4n) is 6.44. The van der Waals surface area contributed by atoms with Crippen molar-refractivity contribution in [3.63, 3.8) is 0 Å². The monoisotopic (exact) mass is 884 g/mol. The highest BCUT2D eigenvalue weighted by molar-refractivity contribution is 5.99. The molecule has 0 radical (unpaired) electrons. The molecule has 0 aliphatic rings. The highest BCUT2D eigenvalue weighted by Crippen LogP contribution is 2.19. The number of methoxy groups -OCH3 is 2. The summed E-state index contributed by atoms with van der Waals surface area (Å²) in [6, 6.07) is 10.2. The van der Waals surface area contributed by atoms with Crippen molar-refractivity contribution in [3.05, 3.63) is 110 Å². The van der Waals surface area contributed by atoms with Gasteiger partial charge in [-0.1, -0.05) is 37.8 Å². The minimum Gasteiger partial charge on any atom is -0.466 e. The number of aromatic nitrogens is 6. The molecule has 0 spiro atoms. The van der Waals surface area contributed by atoms with Crippen LogP contribution in [0.4, 0.5) is 0 Å². The molecule has 22 nitrogen and oxygen atoms in total. The minimum atomic E-state index is -1.06. The first kappa shape index (κ1) is 49.0. The number of aliphatic hydroxyl groups is 1. The van der Waals surface area contributed by atoms with Crippen LogP contribution in [0.15, 0.2) is 65.2 Å². The van der Waals surface area contributed by atoms with Gasteiger partial charge in [0.25, 0.3) is 0 Å². The predicted molar refractivity (Wildman–Crippen MR) is 223 cm³/mol. The number of benzene rings is 2. The third kappa shape index (κ3) is 13.2. The average molecular weight is 885 g/mol. The van der Waals surface area contributed by atoms with E-state index < -0.39 is 97.3 Å². The van der Waals surface area contributed by atoms with Crippen LogP contribution in [0, 0.1) is 0 Å². The van der Waals surface area contributed by atoms with Crippen LogP contribution in [0.25, 0.3) is 10.8 Å². The van der Waals surface area contributed by atoms with Crippen LogP contribution in [0.5, 0.6) is 0 Å². The van der Waals surface area contributed by atoms with E-state index in [4.69, 9.17) is 23.7 Å². The molecule has 0 bridgehead atoms. The zero-order valence-corrected chi connectivity index (χ0v) is 35.4. The van der Waals surface area contributed by atoms with E-state index in [1.54, 1.807) is 36.4 Å². The van der Waals surface area contributed by atoms with Gasteiger partial charge in [0.05, 0.1) is 77.1 Å². The van der Waals surface area contributed by atoms with E-state index in [2.05, 4.69) is 0 Å². The fourth-order valence-corrected chi connectivity index (χ4v) is 6.44. The fraction of sp³-hybridized carbons (Fsp3) is 0.512. The molecule has 2 heterocycles. The van der Waals surface area contributed by atoms with Crippen molar-refractivity contribution in [1.29, 1.82) is 0 Å². The molecule has 4 rings (SSSR count). The van der Waals surface area contributed by atoms with E-state index >= 15 is 0 Å². The summed E-state index contributed by atoms with van der Waals surface area (Å²) in [6.07, 6.45) is 3.69. The first-order valence-electron chi connectivity index (χ1n) is 20.3. The van der Waals surface area contributed by atoms with Gasteiger partial charge in [-0.2, -0.15) is 0 Å². The zero-order valence-electron chi connectivity index (χ0n) is 35.4. The molecule has 0 amide bonds. The van der Waals surface area contributed by atoms with Crippen LogP contribution >= 0.6 is 0 Å². The zero-order chi connectivity index (χ0) is 46.1. The highest BCUT2D eigenvalue weighted by atomic mass is 16.5. The number of carbonyl (C=O) groups excluding carboxylic acids is 4. The molecule has 1 N–H and O–H groups in total. The molecular formula is C41H52N6O16. The third-order valence-electron chi connectivity index (χ3n) is 9.91. The Morgan fingerprint density at radius 1 is 0.492 bits per heavy atom. The summed E-state index contributed by atoms with van der Waals surface area (Å²) in [4.78, 5) is 126. The molecule has 342 valence electrons. The van der Waals surface area contributed by atoms with Crippen LogP contribution in [-0.2, 0) is 73.0 Å².